The van der Waals surface area contributed by atoms with Crippen LogP contribution in [0, 0.1) is 0 Å². The first-order valence-corrected chi connectivity index (χ1v) is 7.97. The SMILES string of the molecule is COc1ccc(O)c(C=Nc2ccc(CN3CCCC3)cc2)c1. The van der Waals surface area contributed by atoms with Gasteiger partial charge in [0.05, 0.1) is 12.8 Å². The fraction of sp³-hybridized carbons (Fsp3) is 0.316. The zero-order chi connectivity index (χ0) is 16.1. The number of hydrogen-bond acceptors (Lipinski definition) is 4. The monoisotopic (exact) mass is 310 g/mol. The van der Waals surface area contributed by atoms with E-state index < -0.39 is 0 Å². The molecule has 0 aromatic heterocycles. The number of methoxy groups -OCH3 is 1. The number of aromatic hydroxyl groups is 1. The smallest absolute Gasteiger partial charge is 0.124 e. The van der Waals surface area contributed by atoms with Crippen molar-refractivity contribution >= 4 is 11.9 Å². The van der Waals surface area contributed by atoms with Gasteiger partial charge in [0.2, 0.25) is 0 Å². The topological polar surface area (TPSA) is 45.1 Å². The third-order valence-corrected chi connectivity index (χ3v) is 4.13. The van der Waals surface area contributed by atoms with Gasteiger partial charge < -0.3 is 9.84 Å². The predicted octanol–water partition coefficient (Wildman–Crippen LogP) is 3.75. The average molecular weight is 310 g/mol. The number of nitrogens with zero attached hydrogens (tertiary/aromatic N) is 2. The molecule has 120 valence electrons. The summed E-state index contributed by atoms with van der Waals surface area (Å²) in [5.74, 6) is 0.894. The van der Waals surface area contributed by atoms with Crippen LogP contribution < -0.4 is 4.74 Å². The Morgan fingerprint density at radius 3 is 2.57 bits per heavy atom. The molecule has 1 saturated heterocycles. The molecule has 1 N–H and O–H groups in total. The van der Waals surface area contributed by atoms with Gasteiger partial charge in [-0.1, -0.05) is 12.1 Å². The molecule has 1 aliphatic heterocycles. The molecule has 1 fully saturated rings. The van der Waals surface area contributed by atoms with Crippen molar-refractivity contribution in [2.45, 2.75) is 19.4 Å². The summed E-state index contributed by atoms with van der Waals surface area (Å²) in [7, 11) is 1.60. The molecule has 1 heterocycles. The molecule has 0 aliphatic carbocycles. The van der Waals surface area contributed by atoms with Gasteiger partial charge in [-0.15, -0.1) is 0 Å². The molecule has 0 bridgehead atoms. The van der Waals surface area contributed by atoms with Crippen molar-refractivity contribution in [2.24, 2.45) is 4.99 Å². The predicted molar refractivity (Wildman–Crippen MR) is 92.9 cm³/mol. The summed E-state index contributed by atoms with van der Waals surface area (Å²) in [5, 5.41) is 9.86. The first-order chi connectivity index (χ1) is 11.2. The quantitative estimate of drug-likeness (QED) is 0.856. The summed E-state index contributed by atoms with van der Waals surface area (Å²) >= 11 is 0. The normalized spacial score (nSPS) is 15.3. The highest BCUT2D eigenvalue weighted by atomic mass is 16.5. The van der Waals surface area contributed by atoms with E-state index in [0.717, 1.165) is 12.2 Å². The number of ether oxygens (including phenoxy) is 1. The maximum Gasteiger partial charge on any atom is 0.124 e. The van der Waals surface area contributed by atoms with Crippen LogP contribution in [0.5, 0.6) is 11.5 Å². The van der Waals surface area contributed by atoms with Gasteiger partial charge in [-0.3, -0.25) is 9.89 Å². The van der Waals surface area contributed by atoms with E-state index in [0.29, 0.717) is 11.3 Å². The number of benzene rings is 2. The van der Waals surface area contributed by atoms with E-state index in [4.69, 9.17) is 4.74 Å². The minimum absolute atomic E-state index is 0.195. The first-order valence-electron chi connectivity index (χ1n) is 7.97. The molecule has 4 nitrogen and oxygen atoms in total. The molecular weight excluding hydrogens is 288 g/mol. The van der Waals surface area contributed by atoms with E-state index in [1.165, 1.54) is 31.5 Å². The van der Waals surface area contributed by atoms with Crippen molar-refractivity contribution in [3.8, 4) is 11.5 Å². The molecular formula is C19H22N2O2. The number of hydrogen-bond donors (Lipinski definition) is 1. The van der Waals surface area contributed by atoms with Crippen LogP contribution in [0.2, 0.25) is 0 Å². The summed E-state index contributed by atoms with van der Waals surface area (Å²) in [6.45, 7) is 3.42. The summed E-state index contributed by atoms with van der Waals surface area (Å²) in [4.78, 5) is 6.91. The van der Waals surface area contributed by atoms with Gasteiger partial charge in [0.15, 0.2) is 0 Å². The Balaban J connectivity index is 1.67. The molecule has 0 radical (unpaired) electrons. The minimum Gasteiger partial charge on any atom is -0.507 e. The second kappa shape index (κ2) is 7.29. The Morgan fingerprint density at radius 1 is 1.13 bits per heavy atom. The van der Waals surface area contributed by atoms with Crippen LogP contribution in [0.3, 0.4) is 0 Å². The molecule has 23 heavy (non-hydrogen) atoms. The van der Waals surface area contributed by atoms with Crippen LogP contribution >= 0.6 is 0 Å². The average Bonchev–Trinajstić information content (AvgIpc) is 3.08. The molecule has 0 saturated carbocycles. The van der Waals surface area contributed by atoms with Crippen molar-refractivity contribution in [3.63, 3.8) is 0 Å². The van der Waals surface area contributed by atoms with Crippen molar-refractivity contribution in [2.75, 3.05) is 20.2 Å². The number of rotatable bonds is 5. The molecule has 0 atom stereocenters. The molecule has 3 rings (SSSR count). The zero-order valence-corrected chi connectivity index (χ0v) is 13.4. The van der Waals surface area contributed by atoms with Gasteiger partial charge >= 0.3 is 0 Å². The largest absolute Gasteiger partial charge is 0.507 e. The van der Waals surface area contributed by atoms with Crippen molar-refractivity contribution in [1.82, 2.24) is 4.90 Å². The summed E-state index contributed by atoms with van der Waals surface area (Å²) in [5.41, 5.74) is 2.83. The molecule has 2 aromatic carbocycles. The summed E-state index contributed by atoms with van der Waals surface area (Å²) in [6.07, 6.45) is 4.28. The highest BCUT2D eigenvalue weighted by Gasteiger charge is 2.11. The van der Waals surface area contributed by atoms with Crippen LogP contribution in [-0.2, 0) is 6.54 Å². The third kappa shape index (κ3) is 4.11. The van der Waals surface area contributed by atoms with E-state index in [9.17, 15) is 5.11 Å². The molecule has 0 unspecified atom stereocenters. The van der Waals surface area contributed by atoms with Crippen LogP contribution in [0.4, 0.5) is 5.69 Å². The van der Waals surface area contributed by atoms with Crippen molar-refractivity contribution in [1.29, 1.82) is 0 Å². The highest BCUT2D eigenvalue weighted by Crippen LogP contribution is 2.22. The molecule has 0 amide bonds. The fourth-order valence-corrected chi connectivity index (χ4v) is 2.79. The zero-order valence-electron chi connectivity index (χ0n) is 13.4. The number of likely N-dealkylation sites (tertiary alicyclic amines) is 1. The molecule has 2 aromatic rings. The van der Waals surface area contributed by atoms with Crippen molar-refractivity contribution < 1.29 is 9.84 Å². The maximum absolute atomic E-state index is 9.86. The Morgan fingerprint density at radius 2 is 1.87 bits per heavy atom. The first kappa shape index (κ1) is 15.6. The summed E-state index contributed by atoms with van der Waals surface area (Å²) < 4.78 is 5.16. The Bertz CT molecular complexity index is 674. The number of phenolic OH excluding ortho intramolecular Hbond substituents is 1. The molecule has 4 heteroatoms. The van der Waals surface area contributed by atoms with Crippen LogP contribution in [0.25, 0.3) is 0 Å². The summed E-state index contributed by atoms with van der Waals surface area (Å²) in [6, 6.07) is 13.4. The van der Waals surface area contributed by atoms with E-state index in [1.807, 2.05) is 12.1 Å². The van der Waals surface area contributed by atoms with E-state index >= 15 is 0 Å². The standard InChI is InChI=1S/C19H22N2O2/c1-23-18-8-9-19(22)16(12-18)13-20-17-6-4-15(5-7-17)14-21-10-2-3-11-21/h4-9,12-13,22H,2-3,10-11,14H2,1H3. The van der Waals surface area contributed by atoms with Crippen LogP contribution in [0.1, 0.15) is 24.0 Å². The van der Waals surface area contributed by atoms with Crippen LogP contribution in [0.15, 0.2) is 47.5 Å². The Hall–Kier alpha value is -2.33. The van der Waals surface area contributed by atoms with Gasteiger partial charge in [-0.05, 0) is 61.8 Å². The fourth-order valence-electron chi connectivity index (χ4n) is 2.79. The number of aliphatic imine (C=N–C) groups is 1. The van der Waals surface area contributed by atoms with E-state index in [2.05, 4.69) is 22.0 Å². The molecule has 1 aliphatic rings. The lowest BCUT2D eigenvalue weighted by Crippen LogP contribution is -2.18. The third-order valence-electron chi connectivity index (χ3n) is 4.13. The van der Waals surface area contributed by atoms with Crippen LogP contribution in [-0.4, -0.2) is 36.4 Å². The lowest BCUT2D eigenvalue weighted by Gasteiger charge is -2.14. The minimum atomic E-state index is 0.195. The Labute approximate surface area is 137 Å². The maximum atomic E-state index is 9.86. The van der Waals surface area contributed by atoms with Gasteiger partial charge in [0, 0.05) is 18.3 Å². The van der Waals surface area contributed by atoms with Gasteiger partial charge in [0.25, 0.3) is 0 Å². The van der Waals surface area contributed by atoms with Crippen molar-refractivity contribution in [3.05, 3.63) is 53.6 Å². The lowest BCUT2D eigenvalue weighted by molar-refractivity contribution is 0.331. The van der Waals surface area contributed by atoms with E-state index in [1.54, 1.807) is 31.5 Å². The van der Waals surface area contributed by atoms with Gasteiger partial charge in [0.1, 0.15) is 11.5 Å². The Kier molecular flexibility index (Phi) is 4.93. The number of phenols is 1. The van der Waals surface area contributed by atoms with E-state index in [-0.39, 0.29) is 5.75 Å². The van der Waals surface area contributed by atoms with Gasteiger partial charge in [-0.25, -0.2) is 0 Å². The highest BCUT2D eigenvalue weighted by molar-refractivity contribution is 5.85. The second-order valence-electron chi connectivity index (χ2n) is 5.83. The second-order valence-corrected chi connectivity index (χ2v) is 5.83. The molecule has 0 spiro atoms. The lowest BCUT2D eigenvalue weighted by atomic mass is 10.2. The van der Waals surface area contributed by atoms with Gasteiger partial charge in [-0.2, -0.15) is 0 Å².